The van der Waals surface area contributed by atoms with Gasteiger partial charge in [0, 0.05) is 6.20 Å². The van der Waals surface area contributed by atoms with Gasteiger partial charge < -0.3 is 4.74 Å². The lowest BCUT2D eigenvalue weighted by atomic mass is 10.2. The second-order valence-corrected chi connectivity index (χ2v) is 5.57. The highest BCUT2D eigenvalue weighted by Crippen LogP contribution is 2.07. The lowest BCUT2D eigenvalue weighted by molar-refractivity contribution is -0.143. The van der Waals surface area contributed by atoms with Crippen LogP contribution in [0.5, 0.6) is 0 Å². The van der Waals surface area contributed by atoms with Crippen LogP contribution in [0.15, 0.2) is 52.2 Å². The predicted molar refractivity (Wildman–Crippen MR) is 92.4 cm³/mol. The Bertz CT molecular complexity index is 1070. The van der Waals surface area contributed by atoms with E-state index in [0.29, 0.717) is 5.56 Å². The third-order valence-electron chi connectivity index (χ3n) is 3.83. The van der Waals surface area contributed by atoms with Crippen LogP contribution in [-0.4, -0.2) is 26.7 Å². The van der Waals surface area contributed by atoms with Gasteiger partial charge in [0.2, 0.25) is 0 Å². The molecule has 2 heterocycles. The Morgan fingerprint density at radius 2 is 1.88 bits per heavy atom. The number of fused-ring (bicyclic) bond motifs is 1. The van der Waals surface area contributed by atoms with E-state index in [1.165, 1.54) is 36.5 Å². The number of halogens is 1. The summed E-state index contributed by atoms with van der Waals surface area (Å²) >= 11 is 0. The van der Waals surface area contributed by atoms with Crippen LogP contribution in [0.1, 0.15) is 12.5 Å². The summed E-state index contributed by atoms with van der Waals surface area (Å²) in [7, 11) is 0. The molecule has 7 nitrogen and oxygen atoms in total. The van der Waals surface area contributed by atoms with Crippen LogP contribution in [0.4, 0.5) is 4.39 Å². The zero-order chi connectivity index (χ0) is 18.7. The summed E-state index contributed by atoms with van der Waals surface area (Å²) < 4.78 is 20.1. The van der Waals surface area contributed by atoms with Crippen molar-refractivity contribution >= 4 is 17.0 Å². The smallest absolute Gasteiger partial charge is 0.333 e. The molecular formula is C18H16FN3O4. The van der Waals surface area contributed by atoms with Gasteiger partial charge in [0.1, 0.15) is 18.0 Å². The molecule has 0 spiro atoms. The summed E-state index contributed by atoms with van der Waals surface area (Å²) in [6.07, 6.45) is 1.44. The Balaban J connectivity index is 2.16. The van der Waals surface area contributed by atoms with E-state index in [0.717, 1.165) is 9.13 Å². The summed E-state index contributed by atoms with van der Waals surface area (Å²) in [5.74, 6) is -1.02. The van der Waals surface area contributed by atoms with E-state index in [2.05, 4.69) is 4.98 Å². The average Bonchev–Trinajstić information content (AvgIpc) is 2.64. The van der Waals surface area contributed by atoms with Gasteiger partial charge in [0.15, 0.2) is 0 Å². The lowest BCUT2D eigenvalue weighted by Gasteiger charge is -2.13. The van der Waals surface area contributed by atoms with Crippen molar-refractivity contribution in [2.24, 2.45) is 0 Å². The van der Waals surface area contributed by atoms with Crippen LogP contribution >= 0.6 is 0 Å². The van der Waals surface area contributed by atoms with Gasteiger partial charge in [-0.2, -0.15) is 0 Å². The van der Waals surface area contributed by atoms with Crippen LogP contribution in [0.25, 0.3) is 11.0 Å². The molecule has 0 N–H and O–H groups in total. The van der Waals surface area contributed by atoms with Crippen molar-refractivity contribution in [3.63, 3.8) is 0 Å². The average molecular weight is 357 g/mol. The number of nitrogens with zero attached hydrogens (tertiary/aromatic N) is 3. The number of rotatable bonds is 5. The summed E-state index contributed by atoms with van der Waals surface area (Å²) in [5.41, 5.74) is -0.511. The van der Waals surface area contributed by atoms with Crippen LogP contribution < -0.4 is 11.2 Å². The maximum atomic E-state index is 13.1. The van der Waals surface area contributed by atoms with Crippen molar-refractivity contribution in [3.05, 3.63) is 74.8 Å². The highest BCUT2D eigenvalue weighted by atomic mass is 19.1. The van der Waals surface area contributed by atoms with Gasteiger partial charge in [-0.05, 0) is 36.8 Å². The molecular weight excluding hydrogens is 341 g/mol. The molecule has 0 radical (unpaired) electrons. The Hall–Kier alpha value is -3.29. The van der Waals surface area contributed by atoms with Gasteiger partial charge in [0.05, 0.1) is 18.5 Å². The number of benzene rings is 1. The fourth-order valence-electron chi connectivity index (χ4n) is 2.64. The standard InChI is InChI=1S/C18H16FN3O4/c1-2-26-15(23)11-21-16-14(4-3-9-20-16)17(24)22(18(21)25)10-12-5-7-13(19)8-6-12/h3-9H,2,10-11H2,1H3. The maximum Gasteiger partial charge on any atom is 0.333 e. The number of hydrogen-bond acceptors (Lipinski definition) is 5. The number of pyridine rings is 1. The molecule has 0 saturated carbocycles. The molecule has 3 aromatic rings. The molecule has 2 aromatic heterocycles. The van der Waals surface area contributed by atoms with E-state index in [1.54, 1.807) is 13.0 Å². The first-order chi connectivity index (χ1) is 12.5. The topological polar surface area (TPSA) is 83.2 Å². The van der Waals surface area contributed by atoms with Gasteiger partial charge in [-0.15, -0.1) is 0 Å². The number of hydrogen-bond donors (Lipinski definition) is 0. The van der Waals surface area contributed by atoms with Gasteiger partial charge in [0.25, 0.3) is 5.56 Å². The van der Waals surface area contributed by atoms with Crippen LogP contribution in [0.2, 0.25) is 0 Å². The second kappa shape index (κ2) is 7.30. The molecule has 0 bridgehead atoms. The third-order valence-corrected chi connectivity index (χ3v) is 3.83. The molecule has 0 atom stereocenters. The summed E-state index contributed by atoms with van der Waals surface area (Å²) in [5, 5.41) is 0.207. The molecule has 0 aliphatic heterocycles. The van der Waals surface area contributed by atoms with Crippen molar-refractivity contribution < 1.29 is 13.9 Å². The zero-order valence-electron chi connectivity index (χ0n) is 14.0. The number of esters is 1. The van der Waals surface area contributed by atoms with Gasteiger partial charge in [-0.1, -0.05) is 12.1 Å². The number of aromatic nitrogens is 3. The van der Waals surface area contributed by atoms with Crippen molar-refractivity contribution in [2.75, 3.05) is 6.61 Å². The molecule has 0 fully saturated rings. The minimum atomic E-state index is -0.682. The number of carbonyl (C=O) groups excluding carboxylic acids is 1. The van der Waals surface area contributed by atoms with Crippen LogP contribution in [0, 0.1) is 5.82 Å². The molecule has 3 rings (SSSR count). The van der Waals surface area contributed by atoms with E-state index < -0.39 is 23.0 Å². The van der Waals surface area contributed by atoms with Gasteiger partial charge in [-0.25, -0.2) is 14.2 Å². The minimum Gasteiger partial charge on any atom is -0.465 e. The maximum absolute atomic E-state index is 13.1. The molecule has 0 unspecified atom stereocenters. The fraction of sp³-hybridized carbons (Fsp3) is 0.222. The molecule has 26 heavy (non-hydrogen) atoms. The summed E-state index contributed by atoms with van der Waals surface area (Å²) in [6, 6.07) is 8.59. The molecule has 0 aliphatic rings. The molecule has 0 saturated heterocycles. The monoisotopic (exact) mass is 357 g/mol. The third kappa shape index (κ3) is 3.39. The van der Waals surface area contributed by atoms with Crippen molar-refractivity contribution in [2.45, 2.75) is 20.0 Å². The molecule has 134 valence electrons. The normalized spacial score (nSPS) is 10.8. The predicted octanol–water partition coefficient (Wildman–Crippen LogP) is 1.31. The van der Waals surface area contributed by atoms with E-state index in [4.69, 9.17) is 4.74 Å². The van der Waals surface area contributed by atoms with E-state index >= 15 is 0 Å². The Labute approximate surface area is 147 Å². The van der Waals surface area contributed by atoms with Gasteiger partial charge in [-0.3, -0.25) is 18.7 Å². The first-order valence-corrected chi connectivity index (χ1v) is 7.99. The second-order valence-electron chi connectivity index (χ2n) is 5.57. The summed E-state index contributed by atoms with van der Waals surface area (Å²) in [4.78, 5) is 41.5. The summed E-state index contributed by atoms with van der Waals surface area (Å²) in [6.45, 7) is 1.43. The van der Waals surface area contributed by atoms with Crippen LogP contribution in [-0.2, 0) is 22.6 Å². The highest BCUT2D eigenvalue weighted by molar-refractivity contribution is 5.76. The molecule has 0 aliphatic carbocycles. The lowest BCUT2D eigenvalue weighted by Crippen LogP contribution is -2.41. The minimum absolute atomic E-state index is 0.0500. The fourth-order valence-corrected chi connectivity index (χ4v) is 2.64. The quantitative estimate of drug-likeness (QED) is 0.643. The largest absolute Gasteiger partial charge is 0.465 e. The molecule has 1 aromatic carbocycles. The molecule has 0 amide bonds. The Kier molecular flexibility index (Phi) is 4.92. The zero-order valence-corrected chi connectivity index (χ0v) is 14.0. The van der Waals surface area contributed by atoms with E-state index in [-0.39, 0.29) is 30.7 Å². The van der Waals surface area contributed by atoms with Crippen molar-refractivity contribution in [1.29, 1.82) is 0 Å². The van der Waals surface area contributed by atoms with Crippen LogP contribution in [0.3, 0.4) is 0 Å². The Morgan fingerprint density at radius 3 is 2.58 bits per heavy atom. The molecule has 8 heteroatoms. The van der Waals surface area contributed by atoms with E-state index in [9.17, 15) is 18.8 Å². The Morgan fingerprint density at radius 1 is 1.15 bits per heavy atom. The van der Waals surface area contributed by atoms with E-state index in [1.807, 2.05) is 0 Å². The number of ether oxygens (including phenoxy) is 1. The first-order valence-electron chi connectivity index (χ1n) is 7.99. The van der Waals surface area contributed by atoms with Gasteiger partial charge >= 0.3 is 11.7 Å². The first kappa shape index (κ1) is 17.5. The SMILES string of the molecule is CCOC(=O)Cn1c(=O)n(Cc2ccc(F)cc2)c(=O)c2cccnc21. The van der Waals surface area contributed by atoms with Crippen molar-refractivity contribution in [1.82, 2.24) is 14.1 Å². The number of carbonyl (C=O) groups is 1. The highest BCUT2D eigenvalue weighted by Gasteiger charge is 2.16. The van der Waals surface area contributed by atoms with Crippen molar-refractivity contribution in [3.8, 4) is 0 Å².